The van der Waals surface area contributed by atoms with Gasteiger partial charge < -0.3 is 10.6 Å². The third-order valence-corrected chi connectivity index (χ3v) is 4.15. The molecule has 1 aromatic carbocycles. The fraction of sp³-hybridized carbons (Fsp3) is 0.438. The fourth-order valence-corrected chi connectivity index (χ4v) is 3.12. The van der Waals surface area contributed by atoms with Gasteiger partial charge in [0.25, 0.3) is 0 Å². The van der Waals surface area contributed by atoms with Gasteiger partial charge in [-0.05, 0) is 31.7 Å². The predicted octanol–water partition coefficient (Wildman–Crippen LogP) is 3.75. The maximum Gasteiger partial charge on any atom is 0.416 e. The van der Waals surface area contributed by atoms with E-state index in [0.29, 0.717) is 5.84 Å². The highest BCUT2D eigenvalue weighted by Crippen LogP contribution is 2.36. The SMILES string of the molecule is CN=C1NC(c2ccccc2C(F)(F)F)NC2=C1CCCC2. The van der Waals surface area contributed by atoms with Crippen LogP contribution in [-0.2, 0) is 6.18 Å². The van der Waals surface area contributed by atoms with Gasteiger partial charge in [0.1, 0.15) is 12.0 Å². The van der Waals surface area contributed by atoms with Crippen molar-refractivity contribution in [2.75, 3.05) is 7.05 Å². The smallest absolute Gasteiger partial charge is 0.365 e. The molecule has 1 unspecified atom stereocenters. The lowest BCUT2D eigenvalue weighted by Gasteiger charge is -2.35. The van der Waals surface area contributed by atoms with Gasteiger partial charge in [0.05, 0.1) is 5.56 Å². The van der Waals surface area contributed by atoms with E-state index < -0.39 is 17.9 Å². The number of allylic oxidation sites excluding steroid dienone is 1. The van der Waals surface area contributed by atoms with Crippen LogP contribution in [0.4, 0.5) is 13.2 Å². The molecular formula is C16H18F3N3. The van der Waals surface area contributed by atoms with Gasteiger partial charge in [-0.25, -0.2) is 0 Å². The van der Waals surface area contributed by atoms with Gasteiger partial charge in [-0.3, -0.25) is 4.99 Å². The molecule has 2 N–H and O–H groups in total. The summed E-state index contributed by atoms with van der Waals surface area (Å²) in [5.74, 6) is 0.704. The van der Waals surface area contributed by atoms with E-state index in [2.05, 4.69) is 15.6 Å². The van der Waals surface area contributed by atoms with Crippen molar-refractivity contribution >= 4 is 5.84 Å². The van der Waals surface area contributed by atoms with Crippen LogP contribution < -0.4 is 10.6 Å². The first-order valence-corrected chi connectivity index (χ1v) is 7.39. The van der Waals surface area contributed by atoms with Gasteiger partial charge in [-0.15, -0.1) is 0 Å². The average Bonchev–Trinajstić information content (AvgIpc) is 2.53. The molecule has 1 aliphatic heterocycles. The largest absolute Gasteiger partial charge is 0.416 e. The lowest BCUT2D eigenvalue weighted by Crippen LogP contribution is -2.45. The normalized spacial score (nSPS) is 23.8. The zero-order chi connectivity index (χ0) is 15.7. The summed E-state index contributed by atoms with van der Waals surface area (Å²) in [5, 5.41) is 6.35. The summed E-state index contributed by atoms with van der Waals surface area (Å²) < 4.78 is 39.7. The Balaban J connectivity index is 2.00. The molecule has 1 aromatic rings. The number of amidine groups is 1. The topological polar surface area (TPSA) is 36.4 Å². The molecule has 0 fully saturated rings. The summed E-state index contributed by atoms with van der Waals surface area (Å²) in [6.45, 7) is 0. The highest BCUT2D eigenvalue weighted by atomic mass is 19.4. The van der Waals surface area contributed by atoms with Crippen LogP contribution in [0.25, 0.3) is 0 Å². The van der Waals surface area contributed by atoms with Crippen molar-refractivity contribution in [3.8, 4) is 0 Å². The molecule has 0 radical (unpaired) electrons. The zero-order valence-corrected chi connectivity index (χ0v) is 12.3. The van der Waals surface area contributed by atoms with Crippen molar-refractivity contribution in [1.82, 2.24) is 10.6 Å². The van der Waals surface area contributed by atoms with E-state index in [1.165, 1.54) is 12.1 Å². The highest BCUT2D eigenvalue weighted by molar-refractivity contribution is 6.00. The van der Waals surface area contributed by atoms with Gasteiger partial charge in [-0.2, -0.15) is 13.2 Å². The number of alkyl halides is 3. The zero-order valence-electron chi connectivity index (χ0n) is 12.3. The molecule has 0 saturated carbocycles. The molecule has 0 spiro atoms. The van der Waals surface area contributed by atoms with Gasteiger partial charge in [0.2, 0.25) is 0 Å². The van der Waals surface area contributed by atoms with Crippen LogP contribution in [0.15, 0.2) is 40.5 Å². The van der Waals surface area contributed by atoms with Gasteiger partial charge >= 0.3 is 6.18 Å². The number of hydrogen-bond donors (Lipinski definition) is 2. The minimum absolute atomic E-state index is 0.202. The van der Waals surface area contributed by atoms with Crippen molar-refractivity contribution in [3.05, 3.63) is 46.7 Å². The molecule has 1 aliphatic carbocycles. The molecule has 0 saturated heterocycles. The molecule has 3 rings (SSSR count). The van der Waals surface area contributed by atoms with E-state index in [-0.39, 0.29) is 5.56 Å². The molecular weight excluding hydrogens is 291 g/mol. The minimum atomic E-state index is -4.37. The maximum absolute atomic E-state index is 13.2. The summed E-state index contributed by atoms with van der Waals surface area (Å²) in [4.78, 5) is 4.23. The third-order valence-electron chi connectivity index (χ3n) is 4.15. The van der Waals surface area contributed by atoms with E-state index in [1.54, 1.807) is 13.1 Å². The highest BCUT2D eigenvalue weighted by Gasteiger charge is 2.37. The molecule has 22 heavy (non-hydrogen) atoms. The average molecular weight is 309 g/mol. The Morgan fingerprint density at radius 1 is 1.09 bits per heavy atom. The first-order valence-electron chi connectivity index (χ1n) is 7.39. The summed E-state index contributed by atoms with van der Waals surface area (Å²) in [6.07, 6.45) is -1.06. The summed E-state index contributed by atoms with van der Waals surface area (Å²) in [7, 11) is 1.67. The molecule has 3 nitrogen and oxygen atoms in total. The number of nitrogens with one attached hydrogen (secondary N) is 2. The van der Waals surface area contributed by atoms with E-state index in [9.17, 15) is 13.2 Å². The van der Waals surface area contributed by atoms with E-state index >= 15 is 0 Å². The van der Waals surface area contributed by atoms with Crippen LogP contribution in [0.2, 0.25) is 0 Å². The number of halogens is 3. The molecule has 2 aliphatic rings. The number of nitrogens with zero attached hydrogens (tertiary/aromatic N) is 1. The Labute approximate surface area is 127 Å². The second-order valence-electron chi connectivity index (χ2n) is 5.54. The predicted molar refractivity (Wildman–Crippen MR) is 79.3 cm³/mol. The molecule has 1 atom stereocenters. The second-order valence-corrected chi connectivity index (χ2v) is 5.54. The first-order chi connectivity index (χ1) is 10.5. The second kappa shape index (κ2) is 5.66. The Morgan fingerprint density at radius 2 is 1.82 bits per heavy atom. The fourth-order valence-electron chi connectivity index (χ4n) is 3.12. The number of hydrogen-bond acceptors (Lipinski definition) is 2. The Bertz CT molecular complexity index is 632. The van der Waals surface area contributed by atoms with Crippen LogP contribution in [0, 0.1) is 0 Å². The van der Waals surface area contributed by atoms with E-state index in [4.69, 9.17) is 0 Å². The quantitative estimate of drug-likeness (QED) is 0.829. The van der Waals surface area contributed by atoms with Crippen molar-refractivity contribution in [2.24, 2.45) is 4.99 Å². The standard InChI is InChI=1S/C16H18F3N3/c1-20-14-11-7-3-5-9-13(11)21-15(22-14)10-6-2-4-8-12(10)16(17,18)19/h2,4,6,8,15,21H,3,5,7,9H2,1H3,(H,20,22). The van der Waals surface area contributed by atoms with Gasteiger partial charge in [0.15, 0.2) is 0 Å². The third kappa shape index (κ3) is 2.69. The minimum Gasteiger partial charge on any atom is -0.365 e. The molecule has 6 heteroatoms. The number of benzene rings is 1. The van der Waals surface area contributed by atoms with Gasteiger partial charge in [-0.1, -0.05) is 18.2 Å². The Hall–Kier alpha value is -1.98. The monoisotopic (exact) mass is 309 g/mol. The van der Waals surface area contributed by atoms with Crippen LogP contribution in [-0.4, -0.2) is 12.9 Å². The molecule has 0 aromatic heterocycles. The first kappa shape index (κ1) is 14.9. The van der Waals surface area contributed by atoms with E-state index in [0.717, 1.165) is 43.0 Å². The summed E-state index contributed by atoms with van der Waals surface area (Å²) in [6, 6.07) is 5.66. The van der Waals surface area contributed by atoms with E-state index in [1.807, 2.05) is 0 Å². The number of aliphatic imine (C=N–C) groups is 1. The lowest BCUT2D eigenvalue weighted by molar-refractivity contribution is -0.138. The van der Waals surface area contributed by atoms with Crippen molar-refractivity contribution in [3.63, 3.8) is 0 Å². The molecule has 118 valence electrons. The van der Waals surface area contributed by atoms with Gasteiger partial charge in [0, 0.05) is 23.9 Å². The number of rotatable bonds is 1. The van der Waals surface area contributed by atoms with Crippen molar-refractivity contribution < 1.29 is 13.2 Å². The Kier molecular flexibility index (Phi) is 3.85. The van der Waals surface area contributed by atoms with Crippen LogP contribution >= 0.6 is 0 Å². The van der Waals surface area contributed by atoms with Crippen LogP contribution in [0.1, 0.15) is 43.0 Å². The summed E-state index contributed by atoms with van der Waals surface area (Å²) >= 11 is 0. The van der Waals surface area contributed by atoms with Crippen molar-refractivity contribution in [1.29, 1.82) is 0 Å². The lowest BCUT2D eigenvalue weighted by atomic mass is 9.92. The molecule has 0 bridgehead atoms. The maximum atomic E-state index is 13.2. The molecule has 0 amide bonds. The summed E-state index contributed by atoms with van der Waals surface area (Å²) in [5.41, 5.74) is 1.71. The van der Waals surface area contributed by atoms with Crippen molar-refractivity contribution in [2.45, 2.75) is 38.0 Å². The van der Waals surface area contributed by atoms with Crippen LogP contribution in [0.5, 0.6) is 0 Å². The Morgan fingerprint density at radius 3 is 2.55 bits per heavy atom. The molecule has 1 heterocycles. The van der Waals surface area contributed by atoms with Crippen LogP contribution in [0.3, 0.4) is 0 Å².